The third kappa shape index (κ3) is 5.16. The van der Waals surface area contributed by atoms with E-state index in [1.807, 2.05) is 31.2 Å². The first kappa shape index (κ1) is 18.6. The summed E-state index contributed by atoms with van der Waals surface area (Å²) < 4.78 is 13.6. The summed E-state index contributed by atoms with van der Waals surface area (Å²) in [5.74, 6) is 0.435. The molecule has 0 spiro atoms. The van der Waals surface area contributed by atoms with Gasteiger partial charge in [0.25, 0.3) is 5.91 Å². The maximum atomic E-state index is 13.6. The van der Waals surface area contributed by atoms with E-state index in [1.54, 1.807) is 41.3 Å². The monoisotopic (exact) mass is 386 g/mol. The number of thioether (sulfide) groups is 1. The van der Waals surface area contributed by atoms with Crippen molar-refractivity contribution in [1.82, 2.24) is 10.3 Å². The molecule has 0 aliphatic rings. The SMILES string of the molecule is Cc1nc(CSc2ccc(C(=O)NCCc3ccccc3F)cc2)cs1. The van der Waals surface area contributed by atoms with Gasteiger partial charge >= 0.3 is 0 Å². The second-order valence-electron chi connectivity index (χ2n) is 5.77. The maximum absolute atomic E-state index is 13.6. The smallest absolute Gasteiger partial charge is 0.251 e. The van der Waals surface area contributed by atoms with Gasteiger partial charge in [-0.25, -0.2) is 9.37 Å². The lowest BCUT2D eigenvalue weighted by atomic mass is 10.1. The van der Waals surface area contributed by atoms with Crippen LogP contribution >= 0.6 is 23.1 Å². The summed E-state index contributed by atoms with van der Waals surface area (Å²) >= 11 is 3.35. The first-order chi connectivity index (χ1) is 12.6. The van der Waals surface area contributed by atoms with Crippen molar-refractivity contribution in [3.05, 3.63) is 81.6 Å². The number of aryl methyl sites for hydroxylation is 1. The number of rotatable bonds is 7. The molecule has 0 aliphatic carbocycles. The molecule has 2 aromatic carbocycles. The average molecular weight is 387 g/mol. The van der Waals surface area contributed by atoms with Gasteiger partial charge in [-0.1, -0.05) is 18.2 Å². The third-order valence-electron chi connectivity index (χ3n) is 3.81. The molecule has 0 radical (unpaired) electrons. The zero-order valence-corrected chi connectivity index (χ0v) is 16.0. The van der Waals surface area contributed by atoms with E-state index in [0.29, 0.717) is 24.1 Å². The van der Waals surface area contributed by atoms with Gasteiger partial charge in [0.1, 0.15) is 5.82 Å². The van der Waals surface area contributed by atoms with Crippen molar-refractivity contribution in [1.29, 1.82) is 0 Å². The summed E-state index contributed by atoms with van der Waals surface area (Å²) in [7, 11) is 0. The van der Waals surface area contributed by atoms with E-state index >= 15 is 0 Å². The van der Waals surface area contributed by atoms with Crippen LogP contribution in [0.25, 0.3) is 0 Å². The molecule has 0 unspecified atom stereocenters. The molecule has 1 heterocycles. The molecule has 134 valence electrons. The zero-order valence-electron chi connectivity index (χ0n) is 14.4. The minimum Gasteiger partial charge on any atom is -0.352 e. The topological polar surface area (TPSA) is 42.0 Å². The van der Waals surface area contributed by atoms with Crippen molar-refractivity contribution >= 4 is 29.0 Å². The Kier molecular flexibility index (Phi) is 6.41. The number of amides is 1. The van der Waals surface area contributed by atoms with Crippen LogP contribution in [0.15, 0.2) is 58.8 Å². The molecule has 3 aromatic rings. The Balaban J connectivity index is 1.48. The van der Waals surface area contributed by atoms with Crippen molar-refractivity contribution in [3.8, 4) is 0 Å². The summed E-state index contributed by atoms with van der Waals surface area (Å²) in [5, 5.41) is 5.98. The molecule has 0 aliphatic heterocycles. The van der Waals surface area contributed by atoms with Gasteiger partial charge in [0.15, 0.2) is 0 Å². The van der Waals surface area contributed by atoms with Gasteiger partial charge < -0.3 is 5.32 Å². The number of hydrogen-bond acceptors (Lipinski definition) is 4. The molecule has 3 nitrogen and oxygen atoms in total. The fourth-order valence-electron chi connectivity index (χ4n) is 2.45. The number of aromatic nitrogens is 1. The second kappa shape index (κ2) is 8.96. The summed E-state index contributed by atoms with van der Waals surface area (Å²) in [4.78, 5) is 17.7. The Morgan fingerprint density at radius 1 is 1.19 bits per heavy atom. The van der Waals surface area contributed by atoms with Crippen molar-refractivity contribution in [2.75, 3.05) is 6.54 Å². The normalized spacial score (nSPS) is 10.7. The van der Waals surface area contributed by atoms with Crippen LogP contribution in [-0.4, -0.2) is 17.4 Å². The summed E-state index contributed by atoms with van der Waals surface area (Å²) in [5.41, 5.74) is 2.29. The van der Waals surface area contributed by atoms with Crippen molar-refractivity contribution in [2.45, 2.75) is 24.0 Å². The molecule has 0 saturated heterocycles. The number of nitrogens with one attached hydrogen (secondary N) is 1. The number of hydrogen-bond donors (Lipinski definition) is 1. The van der Waals surface area contributed by atoms with Crippen LogP contribution in [0.5, 0.6) is 0 Å². The van der Waals surface area contributed by atoms with Crippen LogP contribution in [-0.2, 0) is 12.2 Å². The van der Waals surface area contributed by atoms with E-state index in [-0.39, 0.29) is 11.7 Å². The third-order valence-corrected chi connectivity index (χ3v) is 5.68. The molecule has 0 saturated carbocycles. The number of halogens is 1. The van der Waals surface area contributed by atoms with Gasteiger partial charge in [-0.3, -0.25) is 4.79 Å². The first-order valence-electron chi connectivity index (χ1n) is 8.27. The van der Waals surface area contributed by atoms with E-state index < -0.39 is 0 Å². The second-order valence-corrected chi connectivity index (χ2v) is 7.88. The Morgan fingerprint density at radius 2 is 1.96 bits per heavy atom. The number of carbonyl (C=O) groups is 1. The highest BCUT2D eigenvalue weighted by molar-refractivity contribution is 7.98. The summed E-state index contributed by atoms with van der Waals surface area (Å²) in [6.45, 7) is 2.40. The van der Waals surface area contributed by atoms with Crippen LogP contribution in [0.2, 0.25) is 0 Å². The zero-order chi connectivity index (χ0) is 18.4. The van der Waals surface area contributed by atoms with Gasteiger partial charge in [-0.05, 0) is 49.2 Å². The Labute approximate surface area is 160 Å². The fourth-order valence-corrected chi connectivity index (χ4v) is 3.96. The van der Waals surface area contributed by atoms with Gasteiger partial charge in [0, 0.05) is 28.1 Å². The molecule has 1 amide bonds. The van der Waals surface area contributed by atoms with E-state index in [9.17, 15) is 9.18 Å². The molecular formula is C20H19FN2OS2. The fraction of sp³-hybridized carbons (Fsp3) is 0.200. The molecule has 0 fully saturated rings. The number of carbonyl (C=O) groups excluding carboxylic acids is 1. The van der Waals surface area contributed by atoms with Crippen LogP contribution in [0.1, 0.15) is 26.6 Å². The Morgan fingerprint density at radius 3 is 2.65 bits per heavy atom. The lowest BCUT2D eigenvalue weighted by molar-refractivity contribution is 0.0954. The number of nitrogens with zero attached hydrogens (tertiary/aromatic N) is 1. The predicted octanol–water partition coefficient (Wildman–Crippen LogP) is 4.86. The lowest BCUT2D eigenvalue weighted by Crippen LogP contribution is -2.25. The van der Waals surface area contributed by atoms with E-state index in [4.69, 9.17) is 0 Å². The average Bonchev–Trinajstić information content (AvgIpc) is 3.07. The first-order valence-corrected chi connectivity index (χ1v) is 10.1. The molecular weight excluding hydrogens is 367 g/mol. The molecule has 26 heavy (non-hydrogen) atoms. The van der Waals surface area contributed by atoms with Gasteiger partial charge in [-0.15, -0.1) is 23.1 Å². The minimum atomic E-state index is -0.238. The van der Waals surface area contributed by atoms with E-state index in [1.165, 1.54) is 6.07 Å². The lowest BCUT2D eigenvalue weighted by Gasteiger charge is -2.07. The van der Waals surface area contributed by atoms with Crippen molar-refractivity contribution in [2.24, 2.45) is 0 Å². The summed E-state index contributed by atoms with van der Waals surface area (Å²) in [6, 6.07) is 14.1. The van der Waals surface area contributed by atoms with Crippen LogP contribution in [0, 0.1) is 12.7 Å². The van der Waals surface area contributed by atoms with Crippen LogP contribution < -0.4 is 5.32 Å². The Bertz CT molecular complexity index is 878. The maximum Gasteiger partial charge on any atom is 0.251 e. The van der Waals surface area contributed by atoms with Crippen LogP contribution in [0.4, 0.5) is 4.39 Å². The Hall–Kier alpha value is -2.18. The largest absolute Gasteiger partial charge is 0.352 e. The van der Waals surface area contributed by atoms with Gasteiger partial charge in [0.2, 0.25) is 0 Å². The minimum absolute atomic E-state index is 0.145. The standard InChI is InChI=1S/C20H19FN2OS2/c1-14-23-17(12-25-14)13-26-18-8-6-16(7-9-18)20(24)22-11-10-15-4-2-3-5-19(15)21/h2-9,12H,10-11,13H2,1H3,(H,22,24). The highest BCUT2D eigenvalue weighted by Gasteiger charge is 2.07. The van der Waals surface area contributed by atoms with Crippen molar-refractivity contribution in [3.63, 3.8) is 0 Å². The molecule has 1 N–H and O–H groups in total. The molecule has 0 bridgehead atoms. The van der Waals surface area contributed by atoms with E-state index in [0.717, 1.165) is 21.3 Å². The van der Waals surface area contributed by atoms with Crippen LogP contribution in [0.3, 0.4) is 0 Å². The summed E-state index contributed by atoms with van der Waals surface area (Å²) in [6.07, 6.45) is 0.472. The highest BCUT2D eigenvalue weighted by Crippen LogP contribution is 2.23. The number of thiazole rings is 1. The van der Waals surface area contributed by atoms with Crippen molar-refractivity contribution < 1.29 is 9.18 Å². The molecule has 0 atom stereocenters. The van der Waals surface area contributed by atoms with Gasteiger partial charge in [0.05, 0.1) is 10.7 Å². The molecule has 3 rings (SSSR count). The number of benzene rings is 2. The predicted molar refractivity (Wildman–Crippen MR) is 105 cm³/mol. The quantitative estimate of drug-likeness (QED) is 0.590. The molecule has 6 heteroatoms. The van der Waals surface area contributed by atoms with E-state index in [2.05, 4.69) is 15.7 Å². The van der Waals surface area contributed by atoms with Gasteiger partial charge in [-0.2, -0.15) is 0 Å². The molecule has 1 aromatic heterocycles. The highest BCUT2D eigenvalue weighted by atomic mass is 32.2.